The van der Waals surface area contributed by atoms with Crippen molar-refractivity contribution in [1.82, 2.24) is 4.31 Å². The quantitative estimate of drug-likeness (QED) is 0.851. The number of sulfonamides is 1. The largest absolute Gasteiger partial charge is 0.377 e. The fourth-order valence-electron chi connectivity index (χ4n) is 2.46. The number of hydrogen-bond acceptors (Lipinski definition) is 4. The number of ether oxygens (including phenoxy) is 1. The molecule has 1 aliphatic rings. The number of hydrogen-bond donors (Lipinski definition) is 0. The smallest absolute Gasteiger partial charge is 0.244 e. The molecule has 1 atom stereocenters. The first kappa shape index (κ1) is 15.9. The van der Waals surface area contributed by atoms with Gasteiger partial charge in [0.05, 0.1) is 6.10 Å². The van der Waals surface area contributed by atoms with Crippen LogP contribution in [-0.4, -0.2) is 38.5 Å². The maximum atomic E-state index is 13.6. The van der Waals surface area contributed by atoms with Crippen LogP contribution in [0.5, 0.6) is 0 Å². The molecule has 1 unspecified atom stereocenters. The van der Waals surface area contributed by atoms with Gasteiger partial charge in [-0.3, -0.25) is 0 Å². The first-order valence-corrected chi connectivity index (χ1v) is 8.25. The van der Waals surface area contributed by atoms with E-state index in [1.807, 2.05) is 6.92 Å². The summed E-state index contributed by atoms with van der Waals surface area (Å²) in [6.45, 7) is 2.96. The number of nitrogens with zero attached hydrogens (tertiary/aromatic N) is 2. The lowest BCUT2D eigenvalue weighted by molar-refractivity contribution is 0.0265. The van der Waals surface area contributed by atoms with E-state index in [9.17, 15) is 12.8 Å². The summed E-state index contributed by atoms with van der Waals surface area (Å²) in [5, 5.41) is 9.00. The van der Waals surface area contributed by atoms with Crippen molar-refractivity contribution in [3.8, 4) is 6.07 Å². The topological polar surface area (TPSA) is 70.4 Å². The minimum absolute atomic E-state index is 0.155. The first-order chi connectivity index (χ1) is 10.0. The first-order valence-electron chi connectivity index (χ1n) is 6.81. The van der Waals surface area contributed by atoms with Gasteiger partial charge in [-0.25, -0.2) is 12.8 Å². The number of rotatable bonds is 4. The molecular weight excluding hydrogens is 295 g/mol. The average Bonchev–Trinajstić information content (AvgIpc) is 2.47. The van der Waals surface area contributed by atoms with E-state index >= 15 is 0 Å². The van der Waals surface area contributed by atoms with E-state index in [0.717, 1.165) is 12.5 Å². The molecule has 0 aromatic heterocycles. The summed E-state index contributed by atoms with van der Waals surface area (Å²) < 4.78 is 45.6. The predicted octanol–water partition coefficient (Wildman–Crippen LogP) is 1.89. The van der Waals surface area contributed by atoms with Gasteiger partial charge < -0.3 is 4.74 Å². The van der Waals surface area contributed by atoms with Crippen molar-refractivity contribution in [1.29, 1.82) is 5.26 Å². The summed E-state index contributed by atoms with van der Waals surface area (Å²) in [5.41, 5.74) is -0.434. The van der Waals surface area contributed by atoms with Crippen LogP contribution in [0.1, 0.15) is 25.3 Å². The van der Waals surface area contributed by atoms with Crippen LogP contribution >= 0.6 is 0 Å². The van der Waals surface area contributed by atoms with Gasteiger partial charge in [0.25, 0.3) is 0 Å². The van der Waals surface area contributed by atoms with E-state index in [1.165, 1.54) is 16.4 Å². The van der Waals surface area contributed by atoms with Gasteiger partial charge in [0.1, 0.15) is 22.3 Å². The van der Waals surface area contributed by atoms with Crippen molar-refractivity contribution in [2.24, 2.45) is 0 Å². The fourth-order valence-corrected chi connectivity index (χ4v) is 4.12. The number of piperidine rings is 1. The Balaban J connectivity index is 2.34. The lowest BCUT2D eigenvalue weighted by atomic mass is 10.1. The Kier molecular flexibility index (Phi) is 4.93. The van der Waals surface area contributed by atoms with E-state index in [0.29, 0.717) is 19.6 Å². The molecule has 0 aliphatic carbocycles. The Morgan fingerprint density at radius 2 is 2.29 bits per heavy atom. The Morgan fingerprint density at radius 1 is 1.52 bits per heavy atom. The summed E-state index contributed by atoms with van der Waals surface area (Å²) in [6.07, 6.45) is 1.33. The van der Waals surface area contributed by atoms with E-state index in [2.05, 4.69) is 0 Å². The average molecular weight is 312 g/mol. The monoisotopic (exact) mass is 312 g/mol. The van der Waals surface area contributed by atoms with E-state index in [1.54, 1.807) is 6.07 Å². The molecule has 0 N–H and O–H groups in total. The normalized spacial score (nSPS) is 20.1. The third-order valence-electron chi connectivity index (χ3n) is 3.45. The molecule has 0 bridgehead atoms. The maximum absolute atomic E-state index is 13.6. The summed E-state index contributed by atoms with van der Waals surface area (Å²) in [6, 6.07) is 5.28. The van der Waals surface area contributed by atoms with Crippen LogP contribution in [-0.2, 0) is 14.8 Å². The Labute approximate surface area is 124 Å². The second-order valence-corrected chi connectivity index (χ2v) is 6.71. The van der Waals surface area contributed by atoms with Crippen LogP contribution in [0, 0.1) is 17.1 Å². The minimum atomic E-state index is -3.89. The van der Waals surface area contributed by atoms with Crippen molar-refractivity contribution < 1.29 is 17.5 Å². The van der Waals surface area contributed by atoms with Crippen LogP contribution in [0.15, 0.2) is 23.1 Å². The molecule has 1 aromatic carbocycles. The van der Waals surface area contributed by atoms with Gasteiger partial charge in [-0.15, -0.1) is 0 Å². The van der Waals surface area contributed by atoms with E-state index in [-0.39, 0.29) is 17.5 Å². The van der Waals surface area contributed by atoms with E-state index < -0.39 is 21.4 Å². The standard InChI is InChI=1S/C14H17FN2O3S/c1-2-20-11-5-4-8-17(10-11)21(18,19)14-7-3-6-13(15)12(14)9-16/h3,6-7,11H,2,4-5,8,10H2,1H3. The van der Waals surface area contributed by atoms with Gasteiger partial charge in [-0.2, -0.15) is 9.57 Å². The third-order valence-corrected chi connectivity index (χ3v) is 5.36. The lowest BCUT2D eigenvalue weighted by Crippen LogP contribution is -2.43. The van der Waals surface area contributed by atoms with Crippen molar-refractivity contribution in [3.63, 3.8) is 0 Å². The molecule has 1 saturated heterocycles. The summed E-state index contributed by atoms with van der Waals surface area (Å²) in [7, 11) is -3.89. The highest BCUT2D eigenvalue weighted by Gasteiger charge is 2.32. The molecule has 114 valence electrons. The van der Waals surface area contributed by atoms with Crippen LogP contribution < -0.4 is 0 Å². The summed E-state index contributed by atoms with van der Waals surface area (Å²) in [4.78, 5) is -0.276. The maximum Gasteiger partial charge on any atom is 0.244 e. The van der Waals surface area contributed by atoms with Crippen molar-refractivity contribution >= 4 is 10.0 Å². The molecule has 1 heterocycles. The molecule has 0 radical (unpaired) electrons. The van der Waals surface area contributed by atoms with Gasteiger partial charge >= 0.3 is 0 Å². The molecule has 0 amide bonds. The van der Waals surface area contributed by atoms with Gasteiger partial charge in [0.15, 0.2) is 0 Å². The van der Waals surface area contributed by atoms with Gasteiger partial charge in [0.2, 0.25) is 10.0 Å². The highest BCUT2D eigenvalue weighted by molar-refractivity contribution is 7.89. The molecule has 5 nitrogen and oxygen atoms in total. The predicted molar refractivity (Wildman–Crippen MR) is 74.5 cm³/mol. The second-order valence-electron chi connectivity index (χ2n) is 4.81. The highest BCUT2D eigenvalue weighted by Crippen LogP contribution is 2.25. The zero-order valence-electron chi connectivity index (χ0n) is 11.8. The van der Waals surface area contributed by atoms with Crippen LogP contribution in [0.3, 0.4) is 0 Å². The SMILES string of the molecule is CCOC1CCCN(S(=O)(=O)c2cccc(F)c2C#N)C1. The number of nitriles is 1. The molecule has 2 rings (SSSR count). The number of halogens is 1. The summed E-state index contributed by atoms with van der Waals surface area (Å²) >= 11 is 0. The molecule has 7 heteroatoms. The Hall–Kier alpha value is -1.49. The van der Waals surface area contributed by atoms with Gasteiger partial charge in [0, 0.05) is 19.7 Å². The van der Waals surface area contributed by atoms with E-state index in [4.69, 9.17) is 10.00 Å². The van der Waals surface area contributed by atoms with Crippen LogP contribution in [0.25, 0.3) is 0 Å². The van der Waals surface area contributed by atoms with Crippen molar-refractivity contribution in [2.75, 3.05) is 19.7 Å². The molecule has 0 spiro atoms. The van der Waals surface area contributed by atoms with Crippen LogP contribution in [0.2, 0.25) is 0 Å². The summed E-state index contributed by atoms with van der Waals surface area (Å²) in [5.74, 6) is -0.822. The number of benzene rings is 1. The highest BCUT2D eigenvalue weighted by atomic mass is 32.2. The second kappa shape index (κ2) is 6.52. The molecule has 1 aromatic rings. The zero-order valence-corrected chi connectivity index (χ0v) is 12.6. The molecule has 1 aliphatic heterocycles. The molecule has 1 fully saturated rings. The fraction of sp³-hybridized carbons (Fsp3) is 0.500. The Bertz CT molecular complexity index is 653. The van der Waals surface area contributed by atoms with Crippen molar-refractivity contribution in [3.05, 3.63) is 29.6 Å². The minimum Gasteiger partial charge on any atom is -0.377 e. The van der Waals surface area contributed by atoms with Gasteiger partial charge in [-0.05, 0) is 31.9 Å². The van der Waals surface area contributed by atoms with Crippen LogP contribution in [0.4, 0.5) is 4.39 Å². The zero-order chi connectivity index (χ0) is 15.5. The Morgan fingerprint density at radius 3 is 2.95 bits per heavy atom. The molecular formula is C14H17FN2O3S. The van der Waals surface area contributed by atoms with Gasteiger partial charge in [-0.1, -0.05) is 6.07 Å². The van der Waals surface area contributed by atoms with Crippen molar-refractivity contribution in [2.45, 2.75) is 30.8 Å². The molecule has 0 saturated carbocycles. The third kappa shape index (κ3) is 3.23. The molecule has 21 heavy (non-hydrogen) atoms. The lowest BCUT2D eigenvalue weighted by Gasteiger charge is -2.31.